The van der Waals surface area contributed by atoms with E-state index in [4.69, 9.17) is 20.9 Å². The third-order valence-electron chi connectivity index (χ3n) is 1.77. The van der Waals surface area contributed by atoms with Crippen LogP contribution < -0.4 is 16.5 Å². The minimum Gasteiger partial charge on any atom is -0.478 e. The Bertz CT molecular complexity index is 434. The van der Waals surface area contributed by atoms with E-state index in [1.165, 1.54) is 6.07 Å². The van der Waals surface area contributed by atoms with E-state index in [1.54, 1.807) is 0 Å². The van der Waals surface area contributed by atoms with E-state index in [0.29, 0.717) is 0 Å². The minimum absolute atomic E-state index is 0.0522. The Balaban J connectivity index is 3.18. The molecule has 1 aromatic rings. The second-order valence-electron chi connectivity index (χ2n) is 3.01. The summed E-state index contributed by atoms with van der Waals surface area (Å²) in [7, 11) is -1.83. The summed E-state index contributed by atoms with van der Waals surface area (Å²) in [6.45, 7) is 0. The van der Waals surface area contributed by atoms with E-state index in [2.05, 4.69) is 5.32 Å². The predicted octanol–water partition coefficient (Wildman–Crippen LogP) is -1.44. The Labute approximate surface area is 90.6 Å². The summed E-state index contributed by atoms with van der Waals surface area (Å²) in [5.74, 6) is -1.25. The summed E-state index contributed by atoms with van der Waals surface area (Å²) < 4.78 is 0. The van der Waals surface area contributed by atoms with Gasteiger partial charge in [-0.25, -0.2) is 9.59 Å². The van der Waals surface area contributed by atoms with E-state index in [-0.39, 0.29) is 16.7 Å². The summed E-state index contributed by atoms with van der Waals surface area (Å²) in [6.07, 6.45) is 0. The fraction of sp³-hybridized carbons (Fsp3) is 0. The van der Waals surface area contributed by atoms with Crippen molar-refractivity contribution in [2.75, 3.05) is 5.32 Å². The fourth-order valence-electron chi connectivity index (χ4n) is 1.14. The van der Waals surface area contributed by atoms with Crippen LogP contribution in [0.25, 0.3) is 0 Å². The molecule has 0 spiro atoms. The highest BCUT2D eigenvalue weighted by molar-refractivity contribution is 6.58. The SMILES string of the molecule is NC(=O)Nc1cc(B(O)O)cc(C(=O)O)c1. The first-order chi connectivity index (χ1) is 7.40. The number of anilines is 1. The molecule has 0 heterocycles. The molecule has 0 aliphatic rings. The van der Waals surface area contributed by atoms with E-state index in [9.17, 15) is 9.59 Å². The number of carbonyl (C=O) groups excluding carboxylic acids is 1. The molecule has 0 atom stereocenters. The van der Waals surface area contributed by atoms with Crippen molar-refractivity contribution < 1.29 is 24.7 Å². The highest BCUT2D eigenvalue weighted by Gasteiger charge is 2.15. The molecule has 1 aromatic carbocycles. The van der Waals surface area contributed by atoms with Crippen molar-refractivity contribution >= 4 is 30.3 Å². The number of carboxylic acid groups (broad SMARTS) is 1. The molecule has 7 nitrogen and oxygen atoms in total. The third kappa shape index (κ3) is 2.97. The number of carbonyl (C=O) groups is 2. The number of primary amides is 1. The van der Waals surface area contributed by atoms with Gasteiger partial charge in [0.25, 0.3) is 0 Å². The van der Waals surface area contributed by atoms with Crippen molar-refractivity contribution in [3.8, 4) is 0 Å². The number of urea groups is 1. The molecule has 0 saturated heterocycles. The molecule has 8 heteroatoms. The lowest BCUT2D eigenvalue weighted by atomic mass is 9.79. The maximum atomic E-state index is 10.7. The lowest BCUT2D eigenvalue weighted by molar-refractivity contribution is 0.0697. The lowest BCUT2D eigenvalue weighted by Gasteiger charge is -2.07. The molecule has 0 aliphatic carbocycles. The minimum atomic E-state index is -1.83. The van der Waals surface area contributed by atoms with Crippen molar-refractivity contribution in [2.45, 2.75) is 0 Å². The molecule has 6 N–H and O–H groups in total. The normalized spacial score (nSPS) is 9.62. The predicted molar refractivity (Wildman–Crippen MR) is 56.4 cm³/mol. The van der Waals surface area contributed by atoms with Gasteiger partial charge in [0.05, 0.1) is 5.56 Å². The molecular formula is C8H9BN2O5. The van der Waals surface area contributed by atoms with Crippen LogP contribution >= 0.6 is 0 Å². The van der Waals surface area contributed by atoms with Crippen molar-refractivity contribution in [3.05, 3.63) is 23.8 Å². The number of nitrogens with two attached hydrogens (primary N) is 1. The second kappa shape index (κ2) is 4.64. The molecule has 0 saturated carbocycles. The Morgan fingerprint density at radius 2 is 1.88 bits per heavy atom. The van der Waals surface area contributed by atoms with Gasteiger partial charge in [0.15, 0.2) is 0 Å². The van der Waals surface area contributed by atoms with Crippen molar-refractivity contribution in [1.82, 2.24) is 0 Å². The van der Waals surface area contributed by atoms with Crippen LogP contribution in [-0.2, 0) is 0 Å². The molecule has 0 radical (unpaired) electrons. The first-order valence-corrected chi connectivity index (χ1v) is 4.21. The van der Waals surface area contributed by atoms with Crippen LogP contribution in [0.5, 0.6) is 0 Å². The van der Waals surface area contributed by atoms with Gasteiger partial charge in [0.1, 0.15) is 0 Å². The maximum absolute atomic E-state index is 10.7. The summed E-state index contributed by atoms with van der Waals surface area (Å²) in [5.41, 5.74) is 4.70. The van der Waals surface area contributed by atoms with Gasteiger partial charge < -0.3 is 26.2 Å². The zero-order valence-electron chi connectivity index (χ0n) is 8.04. The van der Waals surface area contributed by atoms with Crippen LogP contribution in [0.4, 0.5) is 10.5 Å². The zero-order chi connectivity index (χ0) is 12.3. The maximum Gasteiger partial charge on any atom is 0.488 e. The first-order valence-electron chi connectivity index (χ1n) is 4.21. The molecule has 2 amide bonds. The van der Waals surface area contributed by atoms with E-state index in [0.717, 1.165) is 12.1 Å². The van der Waals surface area contributed by atoms with Crippen LogP contribution in [0.3, 0.4) is 0 Å². The Hall–Kier alpha value is -2.06. The topological polar surface area (TPSA) is 133 Å². The standard InChI is InChI=1S/C8H9BN2O5/c10-8(14)11-6-2-4(7(12)13)1-5(3-6)9(15)16/h1-3,15-16H,(H,12,13)(H3,10,11,14). The van der Waals surface area contributed by atoms with Crippen LogP contribution in [-0.4, -0.2) is 34.3 Å². The van der Waals surface area contributed by atoms with Crippen LogP contribution in [0, 0.1) is 0 Å². The van der Waals surface area contributed by atoms with Crippen LogP contribution in [0.2, 0.25) is 0 Å². The monoisotopic (exact) mass is 224 g/mol. The van der Waals surface area contributed by atoms with Crippen LogP contribution in [0.1, 0.15) is 10.4 Å². The number of benzene rings is 1. The molecule has 1 rings (SSSR count). The number of rotatable bonds is 3. The van der Waals surface area contributed by atoms with Gasteiger partial charge in [-0.3, -0.25) is 0 Å². The summed E-state index contributed by atoms with van der Waals surface area (Å²) in [6, 6.07) is 2.57. The zero-order valence-corrected chi connectivity index (χ0v) is 8.04. The van der Waals surface area contributed by atoms with Gasteiger partial charge >= 0.3 is 19.1 Å². The average molecular weight is 224 g/mol. The Kier molecular flexibility index (Phi) is 3.49. The van der Waals surface area contributed by atoms with Gasteiger partial charge in [-0.1, -0.05) is 0 Å². The third-order valence-corrected chi connectivity index (χ3v) is 1.77. The van der Waals surface area contributed by atoms with Crippen LogP contribution in [0.15, 0.2) is 18.2 Å². The summed E-state index contributed by atoms with van der Waals surface area (Å²) in [5, 5.41) is 28.7. The average Bonchev–Trinajstić information content (AvgIpc) is 2.15. The summed E-state index contributed by atoms with van der Waals surface area (Å²) >= 11 is 0. The highest BCUT2D eigenvalue weighted by Crippen LogP contribution is 2.09. The number of aromatic carboxylic acids is 1. The Morgan fingerprint density at radius 1 is 1.25 bits per heavy atom. The van der Waals surface area contributed by atoms with E-state index in [1.807, 2.05) is 0 Å². The fourth-order valence-corrected chi connectivity index (χ4v) is 1.14. The van der Waals surface area contributed by atoms with E-state index >= 15 is 0 Å². The van der Waals surface area contributed by atoms with Gasteiger partial charge in [-0.05, 0) is 23.7 Å². The van der Waals surface area contributed by atoms with Crippen molar-refractivity contribution in [3.63, 3.8) is 0 Å². The largest absolute Gasteiger partial charge is 0.488 e. The number of amides is 2. The molecule has 0 aromatic heterocycles. The van der Waals surface area contributed by atoms with Gasteiger partial charge in [0, 0.05) is 5.69 Å². The molecule has 0 bridgehead atoms. The molecule has 0 aliphatic heterocycles. The number of carboxylic acids is 1. The quantitative estimate of drug-likeness (QED) is 0.400. The number of nitrogens with one attached hydrogen (secondary N) is 1. The lowest BCUT2D eigenvalue weighted by Crippen LogP contribution is -2.31. The number of hydrogen-bond donors (Lipinski definition) is 5. The molecular weight excluding hydrogens is 215 g/mol. The molecule has 16 heavy (non-hydrogen) atoms. The molecule has 84 valence electrons. The first kappa shape index (κ1) is 12.0. The van der Waals surface area contributed by atoms with Gasteiger partial charge in [-0.15, -0.1) is 0 Å². The number of hydrogen-bond acceptors (Lipinski definition) is 4. The second-order valence-corrected chi connectivity index (χ2v) is 3.01. The van der Waals surface area contributed by atoms with Gasteiger partial charge in [-0.2, -0.15) is 0 Å². The highest BCUT2D eigenvalue weighted by atomic mass is 16.4. The van der Waals surface area contributed by atoms with E-state index < -0.39 is 19.1 Å². The van der Waals surface area contributed by atoms with Gasteiger partial charge in [0.2, 0.25) is 0 Å². The van der Waals surface area contributed by atoms with Crippen molar-refractivity contribution in [2.24, 2.45) is 5.73 Å². The summed E-state index contributed by atoms with van der Waals surface area (Å²) in [4.78, 5) is 21.3. The molecule has 0 fully saturated rings. The van der Waals surface area contributed by atoms with Crippen molar-refractivity contribution in [1.29, 1.82) is 0 Å². The molecule has 0 unspecified atom stereocenters. The Morgan fingerprint density at radius 3 is 2.31 bits per heavy atom. The smallest absolute Gasteiger partial charge is 0.478 e.